The van der Waals surface area contributed by atoms with E-state index in [0.29, 0.717) is 29.1 Å². The molecule has 0 aliphatic heterocycles. The van der Waals surface area contributed by atoms with Gasteiger partial charge in [-0.1, -0.05) is 20.8 Å². The van der Waals surface area contributed by atoms with Gasteiger partial charge in [0.2, 0.25) is 0 Å². The van der Waals surface area contributed by atoms with Gasteiger partial charge in [-0.2, -0.15) is 0 Å². The molecule has 4 aliphatic rings. The maximum absolute atomic E-state index is 11.0. The van der Waals surface area contributed by atoms with Crippen LogP contribution in [0, 0.1) is 46.3 Å². The molecule has 0 aromatic heterocycles. The van der Waals surface area contributed by atoms with Gasteiger partial charge in [0.15, 0.2) is 0 Å². The Morgan fingerprint density at radius 3 is 2.39 bits per heavy atom. The fraction of sp³-hybridized carbons (Fsp3) is 0.958. The first-order valence-corrected chi connectivity index (χ1v) is 11.7. The van der Waals surface area contributed by atoms with Crippen molar-refractivity contribution in [3.8, 4) is 0 Å². The normalized spacial score (nSPS) is 48.6. The maximum Gasteiger partial charge on any atom is 0.303 e. The molecular weight excluding hydrogens is 350 g/mol. The summed E-state index contributed by atoms with van der Waals surface area (Å²) in [5, 5.41) is 19.3. The van der Waals surface area contributed by atoms with Crippen molar-refractivity contribution >= 4 is 5.97 Å². The lowest BCUT2D eigenvalue weighted by Gasteiger charge is -2.61. The van der Waals surface area contributed by atoms with Crippen LogP contribution in [0.5, 0.6) is 0 Å². The van der Waals surface area contributed by atoms with Crippen molar-refractivity contribution < 1.29 is 15.0 Å². The van der Waals surface area contributed by atoms with E-state index in [1.807, 2.05) is 0 Å². The number of aliphatic hydroxyl groups is 1. The quantitative estimate of drug-likeness (QED) is 0.574. The average molecular weight is 394 g/mol. The predicted octanol–water partition coefficient (Wildman–Crippen LogP) is 5.67. The van der Waals surface area contributed by atoms with E-state index < -0.39 is 5.97 Å². The van der Waals surface area contributed by atoms with Crippen LogP contribution in [0.4, 0.5) is 0 Å². The summed E-state index contributed by atoms with van der Waals surface area (Å²) in [4.78, 5) is 11.0. The van der Waals surface area contributed by atoms with E-state index in [0.717, 1.165) is 42.9 Å². The van der Waals surface area contributed by atoms with Crippen LogP contribution in [-0.4, -0.2) is 22.3 Å². The molecule has 5 N–H and O–H groups in total. The number of rotatable bonds is 4. The summed E-state index contributed by atoms with van der Waals surface area (Å²) >= 11 is 0. The van der Waals surface area contributed by atoms with Crippen molar-refractivity contribution in [3.63, 3.8) is 0 Å². The van der Waals surface area contributed by atoms with Gasteiger partial charge < -0.3 is 16.4 Å². The summed E-state index contributed by atoms with van der Waals surface area (Å²) in [5.74, 6) is 3.91. The van der Waals surface area contributed by atoms with Crippen LogP contribution in [-0.2, 0) is 4.79 Å². The number of hydrogen-bond donors (Lipinski definition) is 3. The minimum atomic E-state index is -0.643. The molecule has 0 bridgehead atoms. The summed E-state index contributed by atoms with van der Waals surface area (Å²) in [7, 11) is 0. The fourth-order valence-electron chi connectivity index (χ4n) is 8.76. The molecule has 4 aliphatic carbocycles. The maximum atomic E-state index is 11.0. The van der Waals surface area contributed by atoms with Gasteiger partial charge in [-0.3, -0.25) is 4.79 Å². The van der Waals surface area contributed by atoms with Crippen molar-refractivity contribution in [2.45, 2.75) is 97.5 Å². The van der Waals surface area contributed by atoms with Crippen molar-refractivity contribution in [1.29, 1.82) is 0 Å². The summed E-state index contributed by atoms with van der Waals surface area (Å²) < 4.78 is 0. The molecule has 4 nitrogen and oxygen atoms in total. The van der Waals surface area contributed by atoms with E-state index in [1.165, 1.54) is 44.9 Å². The van der Waals surface area contributed by atoms with Gasteiger partial charge in [0, 0.05) is 6.42 Å². The Morgan fingerprint density at radius 1 is 1.00 bits per heavy atom. The van der Waals surface area contributed by atoms with E-state index in [2.05, 4.69) is 20.8 Å². The van der Waals surface area contributed by atoms with Crippen LogP contribution in [0.1, 0.15) is 91.4 Å². The minimum Gasteiger partial charge on any atom is -0.481 e. The number of fused-ring (bicyclic) bond motifs is 5. The van der Waals surface area contributed by atoms with Crippen LogP contribution in [0.25, 0.3) is 0 Å². The lowest BCUT2D eigenvalue weighted by molar-refractivity contribution is -0.138. The highest BCUT2D eigenvalue weighted by Crippen LogP contribution is 2.68. The Kier molecular flexibility index (Phi) is 6.23. The molecule has 0 amide bonds. The molecule has 162 valence electrons. The zero-order valence-electron chi connectivity index (χ0n) is 18.3. The monoisotopic (exact) mass is 393 g/mol. The highest BCUT2D eigenvalue weighted by atomic mass is 16.4. The van der Waals surface area contributed by atoms with Crippen molar-refractivity contribution in [3.05, 3.63) is 0 Å². The van der Waals surface area contributed by atoms with Crippen LogP contribution in [0.2, 0.25) is 0 Å². The van der Waals surface area contributed by atoms with E-state index in [4.69, 9.17) is 5.11 Å². The third kappa shape index (κ3) is 3.43. The zero-order chi connectivity index (χ0) is 19.4. The van der Waals surface area contributed by atoms with E-state index >= 15 is 0 Å². The molecule has 0 aromatic rings. The average Bonchev–Trinajstić information content (AvgIpc) is 2.97. The number of carboxylic acids is 1. The molecule has 4 rings (SSSR count). The van der Waals surface area contributed by atoms with Gasteiger partial charge >= 0.3 is 5.97 Å². The molecule has 0 saturated heterocycles. The topological polar surface area (TPSA) is 92.5 Å². The Balaban J connectivity index is 0.00000225. The Morgan fingerprint density at radius 2 is 1.68 bits per heavy atom. The summed E-state index contributed by atoms with van der Waals surface area (Å²) in [6.07, 6.45) is 12.4. The van der Waals surface area contributed by atoms with Crippen LogP contribution in [0.15, 0.2) is 0 Å². The van der Waals surface area contributed by atoms with E-state index in [-0.39, 0.29) is 12.3 Å². The lowest BCUT2D eigenvalue weighted by Crippen LogP contribution is -2.54. The Bertz CT molecular complexity index is 580. The molecule has 0 heterocycles. The van der Waals surface area contributed by atoms with Gasteiger partial charge in [-0.05, 0) is 111 Å². The molecular formula is C24H43NO3. The van der Waals surface area contributed by atoms with Crippen LogP contribution < -0.4 is 6.15 Å². The molecule has 4 fully saturated rings. The molecule has 4 saturated carbocycles. The van der Waals surface area contributed by atoms with Gasteiger partial charge in [0.05, 0.1) is 6.10 Å². The third-order valence-electron chi connectivity index (χ3n) is 10.2. The molecule has 9 atom stereocenters. The predicted molar refractivity (Wildman–Crippen MR) is 112 cm³/mol. The number of aliphatic carboxylic acids is 1. The Hall–Kier alpha value is -0.610. The van der Waals surface area contributed by atoms with Gasteiger partial charge in [-0.25, -0.2) is 0 Å². The van der Waals surface area contributed by atoms with Crippen molar-refractivity contribution in [2.75, 3.05) is 0 Å². The van der Waals surface area contributed by atoms with Crippen molar-refractivity contribution in [2.24, 2.45) is 46.3 Å². The van der Waals surface area contributed by atoms with Crippen LogP contribution >= 0.6 is 0 Å². The lowest BCUT2D eigenvalue weighted by atomic mass is 9.44. The highest BCUT2D eigenvalue weighted by Gasteiger charge is 2.60. The number of carbonyl (C=O) groups is 1. The van der Waals surface area contributed by atoms with Crippen LogP contribution in [0.3, 0.4) is 0 Å². The fourth-order valence-corrected chi connectivity index (χ4v) is 8.76. The number of aliphatic hydroxyl groups excluding tert-OH is 1. The molecule has 0 aromatic carbocycles. The largest absolute Gasteiger partial charge is 0.481 e. The third-order valence-corrected chi connectivity index (χ3v) is 10.2. The second-order valence-corrected chi connectivity index (χ2v) is 11.2. The number of hydrogen-bond acceptors (Lipinski definition) is 3. The summed E-state index contributed by atoms with van der Waals surface area (Å²) in [6, 6.07) is 0. The highest BCUT2D eigenvalue weighted by molar-refractivity contribution is 5.66. The van der Waals surface area contributed by atoms with E-state index in [9.17, 15) is 9.90 Å². The summed E-state index contributed by atoms with van der Waals surface area (Å²) in [5.41, 5.74) is 0.882. The first-order valence-electron chi connectivity index (χ1n) is 11.7. The minimum absolute atomic E-state index is 0. The molecule has 0 radical (unpaired) electrons. The zero-order valence-corrected chi connectivity index (χ0v) is 18.3. The standard InChI is InChI=1S/C24H40O3.H3N/c1-15(4-9-22(26)27)19-7-8-20-18-6-5-16-14-17(25)10-12-23(16,2)21(18)11-13-24(19,20)3;/h15-21,25H,4-14H2,1-3H3,(H,26,27);1H3/t15-,16?,17-,18?,19-,20?,21?,23+,24-;/m1./s1. The summed E-state index contributed by atoms with van der Waals surface area (Å²) in [6.45, 7) is 7.43. The first-order chi connectivity index (χ1) is 12.8. The van der Waals surface area contributed by atoms with Gasteiger partial charge in [0.25, 0.3) is 0 Å². The molecule has 4 heteroatoms. The van der Waals surface area contributed by atoms with Gasteiger partial charge in [0.1, 0.15) is 0 Å². The van der Waals surface area contributed by atoms with E-state index in [1.54, 1.807) is 0 Å². The molecule has 28 heavy (non-hydrogen) atoms. The SMILES string of the molecule is C[C@H](CCC(=O)O)[C@H]1CCC2C3CCC4C[C@H](O)CC[C@]4(C)C3CC[C@@]21C.N. The molecule has 4 unspecified atom stereocenters. The molecule has 0 spiro atoms. The van der Waals surface area contributed by atoms with Crippen molar-refractivity contribution in [1.82, 2.24) is 6.15 Å². The first kappa shape index (κ1) is 22.1. The second-order valence-electron chi connectivity index (χ2n) is 11.2. The Labute approximate surface area is 171 Å². The smallest absolute Gasteiger partial charge is 0.303 e. The second kappa shape index (κ2) is 7.91. The van der Waals surface area contributed by atoms with Gasteiger partial charge in [-0.15, -0.1) is 0 Å². The number of carboxylic acid groups (broad SMARTS) is 1.